The molecule has 7 nitrogen and oxygen atoms in total. The normalized spacial score (nSPS) is 18.4. The Morgan fingerprint density at radius 3 is 2.52 bits per heavy atom. The molecule has 0 aromatic carbocycles. The minimum Gasteiger partial charge on any atom is -0.385 e. The van der Waals surface area contributed by atoms with Gasteiger partial charge in [-0.25, -0.2) is 4.98 Å². The summed E-state index contributed by atoms with van der Waals surface area (Å²) in [5.74, 6) is 0.0220. The molecule has 1 saturated carbocycles. The van der Waals surface area contributed by atoms with Crippen LogP contribution in [0.5, 0.6) is 0 Å². The minimum absolute atomic E-state index is 0. The molecule has 180 valence electrons. The van der Waals surface area contributed by atoms with Gasteiger partial charge in [0.2, 0.25) is 5.60 Å². The number of imidazole rings is 1. The third kappa shape index (κ3) is 7.21. The first-order valence-corrected chi connectivity index (χ1v) is 10.5. The fourth-order valence-corrected chi connectivity index (χ4v) is 4.03. The van der Waals surface area contributed by atoms with Crippen molar-refractivity contribution in [2.75, 3.05) is 33.4 Å². The van der Waals surface area contributed by atoms with E-state index in [1.807, 2.05) is 6.92 Å². The van der Waals surface area contributed by atoms with Gasteiger partial charge in [0.25, 0.3) is 0 Å². The van der Waals surface area contributed by atoms with Gasteiger partial charge in [0, 0.05) is 59.2 Å². The molecule has 1 heterocycles. The molecule has 1 aliphatic rings. The number of aryl methyl sites for hydroxylation is 1. The maximum absolute atomic E-state index is 13.7. The van der Waals surface area contributed by atoms with Gasteiger partial charge in [-0.1, -0.05) is 12.8 Å². The average molecular weight is 561 g/mol. The van der Waals surface area contributed by atoms with Gasteiger partial charge in [-0.05, 0) is 31.6 Å². The predicted octanol–water partition coefficient (Wildman–Crippen LogP) is 3.33. The predicted molar refractivity (Wildman–Crippen MR) is 125 cm³/mol. The van der Waals surface area contributed by atoms with Crippen molar-refractivity contribution < 1.29 is 23.0 Å². The smallest absolute Gasteiger partial charge is 0.385 e. The standard InChI is InChI=1S/C20H34F3N5O2.HI/c1-4-24-17(27-15-18(10-14-30-3)7-5-6-8-18)26-11-9-19(29,20(21,22)23)16-25-12-13-28(16)2;/h12-13,29H,4-11,14-15H2,1-3H3,(H2,24,26,27);1H. The SMILES string of the molecule is CCNC(=NCC1(CCOC)CCCC1)NCCC(O)(c1nccn1C)C(F)(F)F.I. The molecule has 0 spiro atoms. The summed E-state index contributed by atoms with van der Waals surface area (Å²) >= 11 is 0. The Hall–Kier alpha value is -1.08. The van der Waals surface area contributed by atoms with E-state index in [0.717, 1.165) is 32.1 Å². The van der Waals surface area contributed by atoms with E-state index in [0.29, 0.717) is 25.7 Å². The van der Waals surface area contributed by atoms with Crippen LogP contribution in [0.3, 0.4) is 0 Å². The van der Waals surface area contributed by atoms with Crippen molar-refractivity contribution in [1.29, 1.82) is 0 Å². The molecule has 1 atom stereocenters. The van der Waals surface area contributed by atoms with Crippen LogP contribution in [0.4, 0.5) is 13.2 Å². The first kappa shape index (κ1) is 28.0. The topological polar surface area (TPSA) is 83.7 Å². The molecule has 1 fully saturated rings. The van der Waals surface area contributed by atoms with Crippen LogP contribution in [0.15, 0.2) is 17.4 Å². The second-order valence-electron chi connectivity index (χ2n) is 8.04. The van der Waals surface area contributed by atoms with E-state index in [-0.39, 0.29) is 35.9 Å². The van der Waals surface area contributed by atoms with Crippen LogP contribution in [0.2, 0.25) is 0 Å². The molecule has 0 bridgehead atoms. The number of alkyl halides is 3. The van der Waals surface area contributed by atoms with Crippen LogP contribution in [-0.4, -0.2) is 60.1 Å². The summed E-state index contributed by atoms with van der Waals surface area (Å²) in [6, 6.07) is 0. The number of methoxy groups -OCH3 is 1. The largest absolute Gasteiger partial charge is 0.424 e. The van der Waals surface area contributed by atoms with E-state index in [9.17, 15) is 18.3 Å². The number of rotatable bonds is 10. The highest BCUT2D eigenvalue weighted by atomic mass is 127. The van der Waals surface area contributed by atoms with Crippen LogP contribution in [-0.2, 0) is 17.4 Å². The third-order valence-electron chi connectivity index (χ3n) is 5.86. The molecule has 3 N–H and O–H groups in total. The Morgan fingerprint density at radius 2 is 2.00 bits per heavy atom. The number of aliphatic imine (C=N–C) groups is 1. The molecule has 0 amide bonds. The van der Waals surface area contributed by atoms with Crippen molar-refractivity contribution in [1.82, 2.24) is 20.2 Å². The number of halogens is 4. The van der Waals surface area contributed by atoms with Gasteiger partial charge in [0.1, 0.15) is 5.82 Å². The van der Waals surface area contributed by atoms with Crippen molar-refractivity contribution in [2.24, 2.45) is 17.5 Å². The van der Waals surface area contributed by atoms with E-state index in [1.165, 1.54) is 24.0 Å². The number of guanidine groups is 1. The number of aliphatic hydroxyl groups is 1. The maximum atomic E-state index is 13.7. The number of nitrogens with zero attached hydrogens (tertiary/aromatic N) is 3. The van der Waals surface area contributed by atoms with E-state index >= 15 is 0 Å². The van der Waals surface area contributed by atoms with E-state index in [2.05, 4.69) is 20.6 Å². The lowest BCUT2D eigenvalue weighted by molar-refractivity contribution is -0.272. The molecule has 0 aliphatic heterocycles. The highest BCUT2D eigenvalue weighted by Crippen LogP contribution is 2.42. The van der Waals surface area contributed by atoms with Crippen LogP contribution < -0.4 is 10.6 Å². The number of hydrogen-bond donors (Lipinski definition) is 3. The van der Waals surface area contributed by atoms with E-state index < -0.39 is 24.0 Å². The molecule has 2 rings (SSSR count). The summed E-state index contributed by atoms with van der Waals surface area (Å²) in [6.07, 6.45) is 2.57. The number of aromatic nitrogens is 2. The molecule has 1 unspecified atom stereocenters. The average Bonchev–Trinajstić information content (AvgIpc) is 3.33. The Morgan fingerprint density at radius 1 is 1.32 bits per heavy atom. The Labute approximate surface area is 199 Å². The van der Waals surface area contributed by atoms with Crippen molar-refractivity contribution >= 4 is 29.9 Å². The van der Waals surface area contributed by atoms with Gasteiger partial charge in [0.05, 0.1) is 0 Å². The molecule has 1 aromatic heterocycles. The number of ether oxygens (including phenoxy) is 1. The first-order chi connectivity index (χ1) is 14.2. The third-order valence-corrected chi connectivity index (χ3v) is 5.86. The van der Waals surface area contributed by atoms with Gasteiger partial charge in [-0.3, -0.25) is 4.99 Å². The lowest BCUT2D eigenvalue weighted by Gasteiger charge is -2.30. The highest BCUT2D eigenvalue weighted by Gasteiger charge is 2.57. The summed E-state index contributed by atoms with van der Waals surface area (Å²) in [4.78, 5) is 8.36. The Bertz CT molecular complexity index is 693. The Balaban J connectivity index is 0.00000480. The molecule has 0 radical (unpaired) electrons. The summed E-state index contributed by atoms with van der Waals surface area (Å²) in [5.41, 5.74) is -2.96. The molecular weight excluding hydrogens is 526 g/mol. The van der Waals surface area contributed by atoms with Crippen LogP contribution >= 0.6 is 24.0 Å². The summed E-state index contributed by atoms with van der Waals surface area (Å²) < 4.78 is 47.4. The highest BCUT2D eigenvalue weighted by molar-refractivity contribution is 14.0. The fraction of sp³-hybridized carbons (Fsp3) is 0.800. The molecule has 1 aliphatic carbocycles. The zero-order valence-corrected chi connectivity index (χ0v) is 20.8. The molecule has 1 aromatic rings. The van der Waals surface area contributed by atoms with E-state index in [1.54, 1.807) is 7.11 Å². The van der Waals surface area contributed by atoms with Crippen molar-refractivity contribution in [3.63, 3.8) is 0 Å². The Kier molecular flexibility index (Phi) is 11.0. The lowest BCUT2D eigenvalue weighted by Crippen LogP contribution is -2.48. The monoisotopic (exact) mass is 561 g/mol. The van der Waals surface area contributed by atoms with Crippen LogP contribution in [0.1, 0.15) is 51.3 Å². The fourth-order valence-electron chi connectivity index (χ4n) is 4.03. The molecule has 31 heavy (non-hydrogen) atoms. The van der Waals surface area contributed by atoms with Crippen LogP contribution in [0.25, 0.3) is 0 Å². The van der Waals surface area contributed by atoms with Gasteiger partial charge >= 0.3 is 6.18 Å². The van der Waals surface area contributed by atoms with Crippen LogP contribution in [0, 0.1) is 5.41 Å². The summed E-state index contributed by atoms with van der Waals surface area (Å²) in [5, 5.41) is 16.5. The van der Waals surface area contributed by atoms with Gasteiger partial charge in [-0.2, -0.15) is 13.2 Å². The van der Waals surface area contributed by atoms with Gasteiger partial charge in [0.15, 0.2) is 5.96 Å². The van der Waals surface area contributed by atoms with Crippen molar-refractivity contribution in [3.05, 3.63) is 18.2 Å². The summed E-state index contributed by atoms with van der Waals surface area (Å²) in [7, 11) is 3.11. The number of hydrogen-bond acceptors (Lipinski definition) is 4. The van der Waals surface area contributed by atoms with Gasteiger partial charge < -0.3 is 25.0 Å². The number of nitrogens with one attached hydrogen (secondary N) is 2. The van der Waals surface area contributed by atoms with Crippen molar-refractivity contribution in [2.45, 2.75) is 57.2 Å². The lowest BCUT2D eigenvalue weighted by atomic mass is 9.83. The first-order valence-electron chi connectivity index (χ1n) is 10.5. The zero-order valence-electron chi connectivity index (χ0n) is 18.5. The maximum Gasteiger partial charge on any atom is 0.424 e. The summed E-state index contributed by atoms with van der Waals surface area (Å²) in [6.45, 7) is 3.63. The quantitative estimate of drug-likeness (QED) is 0.232. The van der Waals surface area contributed by atoms with E-state index in [4.69, 9.17) is 4.74 Å². The molecule has 0 saturated heterocycles. The second kappa shape index (κ2) is 12.2. The minimum atomic E-state index is -4.85. The van der Waals surface area contributed by atoms with Gasteiger partial charge in [-0.15, -0.1) is 24.0 Å². The molecular formula is C20H35F3IN5O2. The second-order valence-corrected chi connectivity index (χ2v) is 8.04. The van der Waals surface area contributed by atoms with Crippen molar-refractivity contribution in [3.8, 4) is 0 Å². The zero-order chi connectivity index (χ0) is 22.3. The molecule has 11 heteroatoms.